The summed E-state index contributed by atoms with van der Waals surface area (Å²) in [7, 11) is 1.77. The molecule has 0 radical (unpaired) electrons. The van der Waals surface area contributed by atoms with Crippen molar-refractivity contribution in [2.75, 3.05) is 18.6 Å². The van der Waals surface area contributed by atoms with Crippen LogP contribution in [0.5, 0.6) is 0 Å². The number of hydrogen-bond acceptors (Lipinski definition) is 7. The Morgan fingerprint density at radius 2 is 2.09 bits per heavy atom. The summed E-state index contributed by atoms with van der Waals surface area (Å²) >= 11 is 1.37. The number of aromatic nitrogens is 1. The van der Waals surface area contributed by atoms with Crippen LogP contribution in [0.2, 0.25) is 0 Å². The highest BCUT2D eigenvalue weighted by atomic mass is 32.1. The zero-order chi connectivity index (χ0) is 17.8. The standard InChI is InChI=1S/C14H18N2O4S.C2H6/c1-4-20-13(19)8-11-9-21-14(15-11)16(3)10(2)7-12(18)5-6-17;1-2/h5-7,9,17H,4,8H2,1-3H3;1-2H3/b6-5+,10-7-;. The molecular formula is C16H24N2O4S. The van der Waals surface area contributed by atoms with Crippen molar-refractivity contribution in [3.63, 3.8) is 0 Å². The first-order valence-electron chi connectivity index (χ1n) is 7.34. The molecule has 1 heterocycles. The van der Waals surface area contributed by atoms with E-state index in [-0.39, 0.29) is 18.2 Å². The lowest BCUT2D eigenvalue weighted by Crippen LogP contribution is -2.15. The minimum absolute atomic E-state index is 0.132. The van der Waals surface area contributed by atoms with E-state index in [4.69, 9.17) is 9.84 Å². The molecule has 0 amide bonds. The molecule has 0 fully saturated rings. The molecule has 0 spiro atoms. The Labute approximate surface area is 141 Å². The number of aliphatic hydroxyl groups is 1. The molecule has 1 N–H and O–H groups in total. The van der Waals surface area contributed by atoms with E-state index in [1.54, 1.807) is 31.2 Å². The highest BCUT2D eigenvalue weighted by molar-refractivity contribution is 7.13. The van der Waals surface area contributed by atoms with E-state index in [0.29, 0.717) is 29.4 Å². The van der Waals surface area contributed by atoms with Crippen LogP contribution >= 0.6 is 11.3 Å². The molecule has 0 aromatic carbocycles. The van der Waals surface area contributed by atoms with Gasteiger partial charge in [0.2, 0.25) is 0 Å². The Bertz CT molecular complexity index is 564. The van der Waals surface area contributed by atoms with Crippen LogP contribution < -0.4 is 4.90 Å². The zero-order valence-corrected chi connectivity index (χ0v) is 15.0. The number of ether oxygens (including phenoxy) is 1. The lowest BCUT2D eigenvalue weighted by Gasteiger charge is -2.15. The largest absolute Gasteiger partial charge is 0.515 e. The molecule has 0 saturated carbocycles. The lowest BCUT2D eigenvalue weighted by molar-refractivity contribution is -0.142. The molecule has 0 aliphatic rings. The predicted molar refractivity (Wildman–Crippen MR) is 92.7 cm³/mol. The summed E-state index contributed by atoms with van der Waals surface area (Å²) in [6.45, 7) is 7.86. The number of carbonyl (C=O) groups excluding carboxylic acids is 2. The lowest BCUT2D eigenvalue weighted by atomic mass is 10.3. The molecule has 1 rings (SSSR count). The van der Waals surface area contributed by atoms with Gasteiger partial charge in [-0.25, -0.2) is 4.98 Å². The number of anilines is 1. The molecule has 0 atom stereocenters. The van der Waals surface area contributed by atoms with E-state index in [1.807, 2.05) is 13.8 Å². The minimum atomic E-state index is -0.315. The number of thiazole rings is 1. The second-order valence-corrected chi connectivity index (χ2v) is 5.00. The van der Waals surface area contributed by atoms with Crippen molar-refractivity contribution >= 4 is 28.2 Å². The Balaban J connectivity index is 0.00000232. The molecule has 1 aromatic heterocycles. The number of nitrogens with zero attached hydrogens (tertiary/aromatic N) is 2. The summed E-state index contributed by atoms with van der Waals surface area (Å²) in [5.41, 5.74) is 1.31. The Morgan fingerprint density at radius 3 is 2.65 bits per heavy atom. The number of carbonyl (C=O) groups is 2. The van der Waals surface area contributed by atoms with Crippen LogP contribution in [-0.2, 0) is 20.7 Å². The van der Waals surface area contributed by atoms with Crippen molar-refractivity contribution in [3.05, 3.63) is 35.2 Å². The number of allylic oxidation sites excluding steroid dienone is 3. The molecular weight excluding hydrogens is 316 g/mol. The summed E-state index contributed by atoms with van der Waals surface area (Å²) in [6.07, 6.45) is 3.28. The van der Waals surface area contributed by atoms with Crippen molar-refractivity contribution in [3.8, 4) is 0 Å². The fourth-order valence-electron chi connectivity index (χ4n) is 1.47. The summed E-state index contributed by atoms with van der Waals surface area (Å²) < 4.78 is 4.87. The maximum Gasteiger partial charge on any atom is 0.311 e. The van der Waals surface area contributed by atoms with E-state index in [1.165, 1.54) is 17.4 Å². The average Bonchev–Trinajstić information content (AvgIpc) is 2.97. The highest BCUT2D eigenvalue weighted by Gasteiger charge is 2.12. The summed E-state index contributed by atoms with van der Waals surface area (Å²) in [6, 6.07) is 0. The van der Waals surface area contributed by atoms with Crippen LogP contribution in [0.15, 0.2) is 29.5 Å². The van der Waals surface area contributed by atoms with Crippen LogP contribution in [0, 0.1) is 0 Å². The highest BCUT2D eigenvalue weighted by Crippen LogP contribution is 2.22. The molecule has 6 nitrogen and oxygen atoms in total. The molecule has 1 aromatic rings. The third-order valence-corrected chi connectivity index (χ3v) is 3.54. The van der Waals surface area contributed by atoms with E-state index in [0.717, 1.165) is 6.08 Å². The third kappa shape index (κ3) is 7.60. The zero-order valence-electron chi connectivity index (χ0n) is 14.2. The molecule has 0 unspecified atom stereocenters. The van der Waals surface area contributed by atoms with Crippen molar-refractivity contribution in [2.45, 2.75) is 34.1 Å². The van der Waals surface area contributed by atoms with Crippen LogP contribution in [0.4, 0.5) is 5.13 Å². The first kappa shape index (κ1) is 20.9. The second kappa shape index (κ2) is 11.4. The molecule has 7 heteroatoms. The number of aliphatic hydroxyl groups excluding tert-OH is 1. The number of esters is 1. The fourth-order valence-corrected chi connectivity index (χ4v) is 2.32. The van der Waals surface area contributed by atoms with Crippen molar-refractivity contribution in [2.24, 2.45) is 0 Å². The van der Waals surface area contributed by atoms with Gasteiger partial charge in [0.05, 0.1) is 25.0 Å². The number of rotatable bonds is 7. The van der Waals surface area contributed by atoms with Crippen LogP contribution in [0.25, 0.3) is 0 Å². The molecule has 0 aliphatic heterocycles. The van der Waals surface area contributed by atoms with Gasteiger partial charge >= 0.3 is 5.97 Å². The van der Waals surface area contributed by atoms with Crippen LogP contribution in [0.1, 0.15) is 33.4 Å². The maximum atomic E-state index is 11.4. The smallest absolute Gasteiger partial charge is 0.311 e. The van der Waals surface area contributed by atoms with Gasteiger partial charge in [0, 0.05) is 30.3 Å². The topological polar surface area (TPSA) is 79.7 Å². The summed E-state index contributed by atoms with van der Waals surface area (Å²) in [5.74, 6) is -0.627. The Morgan fingerprint density at radius 1 is 1.43 bits per heavy atom. The van der Waals surface area contributed by atoms with E-state index < -0.39 is 0 Å². The molecule has 0 bridgehead atoms. The molecule has 0 saturated heterocycles. The van der Waals surface area contributed by atoms with Crippen molar-refractivity contribution in [1.82, 2.24) is 4.98 Å². The quantitative estimate of drug-likeness (QED) is 0.466. The van der Waals surface area contributed by atoms with Crippen molar-refractivity contribution in [1.29, 1.82) is 0 Å². The molecule has 128 valence electrons. The first-order chi connectivity index (χ1) is 11.0. The van der Waals surface area contributed by atoms with Crippen LogP contribution in [-0.4, -0.2) is 35.5 Å². The Hall–Kier alpha value is -2.15. The average molecular weight is 340 g/mol. The number of hydrogen-bond donors (Lipinski definition) is 1. The minimum Gasteiger partial charge on any atom is -0.515 e. The van der Waals surface area contributed by atoms with Gasteiger partial charge in [-0.05, 0) is 13.8 Å². The maximum absolute atomic E-state index is 11.4. The van der Waals surface area contributed by atoms with E-state index >= 15 is 0 Å². The van der Waals surface area contributed by atoms with Gasteiger partial charge in [0.15, 0.2) is 10.9 Å². The van der Waals surface area contributed by atoms with Gasteiger partial charge in [-0.2, -0.15) is 0 Å². The summed E-state index contributed by atoms with van der Waals surface area (Å²) in [5, 5.41) is 11.0. The van der Waals surface area contributed by atoms with Crippen molar-refractivity contribution < 1.29 is 19.4 Å². The predicted octanol–water partition coefficient (Wildman–Crippen LogP) is 3.26. The molecule has 23 heavy (non-hydrogen) atoms. The SMILES string of the molecule is CC.CCOC(=O)Cc1csc(N(C)/C(C)=C\C(=O)/C=C/O)n1. The monoisotopic (exact) mass is 340 g/mol. The fraction of sp³-hybridized carbons (Fsp3) is 0.438. The van der Waals surface area contributed by atoms with Gasteiger partial charge in [0.25, 0.3) is 0 Å². The Kier molecular flexibility index (Phi) is 10.4. The normalized spacial score (nSPS) is 10.9. The van der Waals surface area contributed by atoms with E-state index in [9.17, 15) is 9.59 Å². The van der Waals surface area contributed by atoms with E-state index in [2.05, 4.69) is 4.98 Å². The number of ketones is 1. The molecule has 0 aliphatic carbocycles. The van der Waals surface area contributed by atoms with Gasteiger partial charge < -0.3 is 14.7 Å². The van der Waals surface area contributed by atoms with Crippen LogP contribution in [0.3, 0.4) is 0 Å². The van der Waals surface area contributed by atoms with Gasteiger partial charge in [-0.1, -0.05) is 13.8 Å². The summed E-state index contributed by atoms with van der Waals surface area (Å²) in [4.78, 5) is 28.8. The first-order valence-corrected chi connectivity index (χ1v) is 8.22. The van der Waals surface area contributed by atoms with Gasteiger partial charge in [0.1, 0.15) is 0 Å². The van der Waals surface area contributed by atoms with Gasteiger partial charge in [-0.15, -0.1) is 11.3 Å². The van der Waals surface area contributed by atoms with Gasteiger partial charge in [-0.3, -0.25) is 9.59 Å². The second-order valence-electron chi connectivity index (χ2n) is 4.17. The third-order valence-electron chi connectivity index (χ3n) is 2.58.